The lowest BCUT2D eigenvalue weighted by Gasteiger charge is -2.13. The number of nitrogens with one attached hydrogen (secondary N) is 1. The fourth-order valence-electron chi connectivity index (χ4n) is 2.66. The molecule has 0 spiro atoms. The van der Waals surface area contributed by atoms with Crippen LogP contribution >= 0.6 is 11.3 Å². The summed E-state index contributed by atoms with van der Waals surface area (Å²) in [4.78, 5) is 5.55. The lowest BCUT2D eigenvalue weighted by atomic mass is 10.0. The van der Waals surface area contributed by atoms with Crippen LogP contribution in [0.1, 0.15) is 88.5 Å². The Morgan fingerprint density at radius 1 is 1.00 bits per heavy atom. The molecule has 0 radical (unpaired) electrons. The molecule has 3 heteroatoms. The summed E-state index contributed by atoms with van der Waals surface area (Å²) in [5.41, 5.74) is 1.93. The molecule has 0 saturated heterocycles. The molecule has 20 heavy (non-hydrogen) atoms. The summed E-state index contributed by atoms with van der Waals surface area (Å²) in [5.74, 6) is 0. The summed E-state index contributed by atoms with van der Waals surface area (Å²) in [5, 5.41) is 3.41. The molecule has 1 aromatic rings. The van der Waals surface area contributed by atoms with E-state index in [1.807, 2.05) is 11.7 Å². The molecule has 0 saturated carbocycles. The third-order valence-corrected chi connectivity index (χ3v) is 4.88. The highest BCUT2D eigenvalue weighted by molar-refractivity contribution is 7.09. The maximum atomic E-state index is 4.17. The Kier molecular flexibility index (Phi) is 10.9. The normalized spacial score (nSPS) is 12.7. The van der Waals surface area contributed by atoms with Crippen molar-refractivity contribution in [3.05, 3.63) is 16.6 Å². The zero-order valence-corrected chi connectivity index (χ0v) is 14.2. The van der Waals surface area contributed by atoms with Crippen molar-refractivity contribution in [3.63, 3.8) is 0 Å². The van der Waals surface area contributed by atoms with Gasteiger partial charge in [-0.15, -0.1) is 11.3 Å². The highest BCUT2D eigenvalue weighted by Crippen LogP contribution is 2.23. The van der Waals surface area contributed by atoms with Crippen LogP contribution in [0.4, 0.5) is 0 Å². The molecule has 0 aromatic carbocycles. The second-order valence-corrected chi connectivity index (χ2v) is 6.63. The summed E-state index contributed by atoms with van der Waals surface area (Å²) < 4.78 is 0. The van der Waals surface area contributed by atoms with Crippen LogP contribution in [-0.4, -0.2) is 12.0 Å². The molecule has 0 aliphatic carbocycles. The van der Waals surface area contributed by atoms with Gasteiger partial charge in [-0.05, 0) is 13.5 Å². The van der Waals surface area contributed by atoms with E-state index in [9.17, 15) is 0 Å². The van der Waals surface area contributed by atoms with Gasteiger partial charge in [-0.1, -0.05) is 71.1 Å². The minimum absolute atomic E-state index is 0.511. The van der Waals surface area contributed by atoms with Gasteiger partial charge in [0.15, 0.2) is 0 Å². The fraction of sp³-hybridized carbons (Fsp3) is 0.824. The molecule has 0 aliphatic heterocycles. The van der Waals surface area contributed by atoms with Crippen molar-refractivity contribution < 1.29 is 0 Å². The largest absolute Gasteiger partial charge is 0.312 e. The number of aromatic nitrogens is 1. The molecular formula is C17H32N2S. The van der Waals surface area contributed by atoms with Crippen LogP contribution in [0.3, 0.4) is 0 Å². The number of hydrogen-bond acceptors (Lipinski definition) is 3. The van der Waals surface area contributed by atoms with Gasteiger partial charge < -0.3 is 5.32 Å². The third-order valence-electron chi connectivity index (χ3n) is 3.99. The van der Waals surface area contributed by atoms with Crippen molar-refractivity contribution in [3.8, 4) is 0 Å². The van der Waals surface area contributed by atoms with Crippen LogP contribution in [-0.2, 0) is 0 Å². The van der Waals surface area contributed by atoms with Crippen molar-refractivity contribution in [2.45, 2.75) is 83.6 Å². The summed E-state index contributed by atoms with van der Waals surface area (Å²) in [6.07, 6.45) is 17.3. The fourth-order valence-corrected chi connectivity index (χ4v) is 3.43. The molecule has 1 unspecified atom stereocenters. The van der Waals surface area contributed by atoms with E-state index >= 15 is 0 Å². The number of unbranched alkanes of at least 4 members (excludes halogenated alkanes) is 9. The molecule has 0 fully saturated rings. The Labute approximate surface area is 129 Å². The average Bonchev–Trinajstić information content (AvgIpc) is 2.99. The van der Waals surface area contributed by atoms with E-state index < -0.39 is 0 Å². The predicted molar refractivity (Wildman–Crippen MR) is 90.4 cm³/mol. The maximum absolute atomic E-state index is 4.17. The number of hydrogen-bond donors (Lipinski definition) is 1. The van der Waals surface area contributed by atoms with E-state index in [0.29, 0.717) is 6.04 Å². The molecule has 1 heterocycles. The molecule has 1 aromatic heterocycles. The van der Waals surface area contributed by atoms with Crippen LogP contribution in [0.2, 0.25) is 0 Å². The minimum Gasteiger partial charge on any atom is -0.312 e. The van der Waals surface area contributed by atoms with Crippen molar-refractivity contribution in [2.24, 2.45) is 0 Å². The average molecular weight is 297 g/mol. The zero-order valence-electron chi connectivity index (χ0n) is 13.4. The molecule has 0 aliphatic rings. The third kappa shape index (κ3) is 8.01. The molecule has 2 nitrogen and oxygen atoms in total. The Bertz CT molecular complexity index is 298. The van der Waals surface area contributed by atoms with Gasteiger partial charge in [0.2, 0.25) is 0 Å². The Hall–Kier alpha value is -0.410. The molecule has 0 amide bonds. The first kappa shape index (κ1) is 17.6. The second-order valence-electron chi connectivity index (χ2n) is 5.72. The van der Waals surface area contributed by atoms with Crippen LogP contribution < -0.4 is 5.32 Å². The number of thiazole rings is 1. The molecule has 1 N–H and O–H groups in total. The van der Waals surface area contributed by atoms with Crippen LogP contribution in [0.25, 0.3) is 0 Å². The minimum atomic E-state index is 0.511. The van der Waals surface area contributed by atoms with E-state index in [4.69, 9.17) is 0 Å². The van der Waals surface area contributed by atoms with Gasteiger partial charge in [0.25, 0.3) is 0 Å². The first-order valence-corrected chi connectivity index (χ1v) is 9.32. The molecular weight excluding hydrogens is 264 g/mol. The highest BCUT2D eigenvalue weighted by Gasteiger charge is 2.09. The first-order valence-electron chi connectivity index (χ1n) is 8.44. The van der Waals surface area contributed by atoms with Crippen LogP contribution in [0.5, 0.6) is 0 Å². The van der Waals surface area contributed by atoms with Crippen molar-refractivity contribution in [2.75, 3.05) is 7.05 Å². The van der Waals surface area contributed by atoms with Gasteiger partial charge in [0, 0.05) is 17.1 Å². The number of rotatable bonds is 13. The Morgan fingerprint density at radius 2 is 1.60 bits per heavy atom. The molecule has 0 bridgehead atoms. The van der Waals surface area contributed by atoms with Crippen molar-refractivity contribution in [1.82, 2.24) is 10.3 Å². The predicted octanol–water partition coefficient (Wildman–Crippen LogP) is 5.71. The van der Waals surface area contributed by atoms with Crippen molar-refractivity contribution in [1.29, 1.82) is 0 Å². The highest BCUT2D eigenvalue weighted by atomic mass is 32.1. The van der Waals surface area contributed by atoms with Gasteiger partial charge in [0.05, 0.1) is 5.51 Å². The second kappa shape index (κ2) is 12.3. The maximum Gasteiger partial charge on any atom is 0.0794 e. The van der Waals surface area contributed by atoms with E-state index in [2.05, 4.69) is 24.3 Å². The smallest absolute Gasteiger partial charge is 0.0794 e. The zero-order chi connectivity index (χ0) is 14.5. The van der Waals surface area contributed by atoms with Gasteiger partial charge in [-0.25, -0.2) is 0 Å². The number of nitrogens with zero attached hydrogens (tertiary/aromatic N) is 1. The summed E-state index contributed by atoms with van der Waals surface area (Å²) >= 11 is 1.76. The monoisotopic (exact) mass is 296 g/mol. The lowest BCUT2D eigenvalue weighted by Crippen LogP contribution is -2.14. The van der Waals surface area contributed by atoms with E-state index in [-0.39, 0.29) is 0 Å². The standard InChI is InChI=1S/C17H32N2S/c1-3-4-5-6-7-8-9-10-11-12-13-16(18-2)17-14-19-15-20-17/h14-16,18H,3-13H2,1-2H3. The van der Waals surface area contributed by atoms with Gasteiger partial charge >= 0.3 is 0 Å². The Balaban J connectivity index is 1.91. The molecule has 1 rings (SSSR count). The van der Waals surface area contributed by atoms with E-state index in [1.54, 1.807) is 11.3 Å². The quantitative estimate of drug-likeness (QED) is 0.471. The van der Waals surface area contributed by atoms with Gasteiger partial charge in [-0.3, -0.25) is 4.98 Å². The first-order chi connectivity index (χ1) is 9.88. The van der Waals surface area contributed by atoms with E-state index in [1.165, 1.54) is 75.5 Å². The molecule has 116 valence electrons. The van der Waals surface area contributed by atoms with Gasteiger partial charge in [0.1, 0.15) is 0 Å². The summed E-state index contributed by atoms with van der Waals surface area (Å²) in [6.45, 7) is 2.28. The van der Waals surface area contributed by atoms with Crippen LogP contribution in [0, 0.1) is 0 Å². The molecule has 1 atom stereocenters. The SMILES string of the molecule is CCCCCCCCCCCCC(NC)c1cncs1. The van der Waals surface area contributed by atoms with E-state index in [0.717, 1.165) is 0 Å². The lowest BCUT2D eigenvalue weighted by molar-refractivity contribution is 0.497. The van der Waals surface area contributed by atoms with Crippen LogP contribution in [0.15, 0.2) is 11.7 Å². The van der Waals surface area contributed by atoms with Gasteiger partial charge in [-0.2, -0.15) is 0 Å². The summed E-state index contributed by atoms with van der Waals surface area (Å²) in [6, 6.07) is 0.511. The van der Waals surface area contributed by atoms with Crippen molar-refractivity contribution >= 4 is 11.3 Å². The Morgan fingerprint density at radius 3 is 2.10 bits per heavy atom. The topological polar surface area (TPSA) is 24.9 Å². The summed E-state index contributed by atoms with van der Waals surface area (Å²) in [7, 11) is 2.06.